The van der Waals surface area contributed by atoms with Crippen LogP contribution in [0.15, 0.2) is 30.3 Å². The Morgan fingerprint density at radius 2 is 1.78 bits per heavy atom. The van der Waals surface area contributed by atoms with Gasteiger partial charge in [-0.2, -0.15) is 5.10 Å². The number of hydrazine groups is 1. The highest BCUT2D eigenvalue weighted by atomic mass is 32.1. The molecular formula is C19H21N5O2S. The molecule has 0 atom stereocenters. The van der Waals surface area contributed by atoms with Crippen LogP contribution in [0.3, 0.4) is 0 Å². The Morgan fingerprint density at radius 1 is 1.07 bits per heavy atom. The van der Waals surface area contributed by atoms with Crippen LogP contribution in [0, 0.1) is 20.8 Å². The summed E-state index contributed by atoms with van der Waals surface area (Å²) in [6.07, 6.45) is 0.155. The van der Waals surface area contributed by atoms with Crippen LogP contribution in [0.2, 0.25) is 0 Å². The van der Waals surface area contributed by atoms with Crippen LogP contribution >= 0.6 is 11.3 Å². The summed E-state index contributed by atoms with van der Waals surface area (Å²) in [6.45, 7) is 5.55. The van der Waals surface area contributed by atoms with Crippen LogP contribution in [0.1, 0.15) is 32.3 Å². The van der Waals surface area contributed by atoms with Crippen molar-refractivity contribution >= 4 is 23.2 Å². The summed E-state index contributed by atoms with van der Waals surface area (Å²) in [6, 6.07) is 9.67. The maximum absolute atomic E-state index is 12.4. The molecule has 0 radical (unpaired) electrons. The van der Waals surface area contributed by atoms with Gasteiger partial charge in [-0.3, -0.25) is 25.1 Å². The number of hydrogen-bond acceptors (Lipinski definition) is 5. The van der Waals surface area contributed by atoms with Crippen LogP contribution in [0.4, 0.5) is 0 Å². The van der Waals surface area contributed by atoms with Gasteiger partial charge in [-0.05, 0) is 20.8 Å². The average molecular weight is 383 g/mol. The number of aryl methyl sites for hydroxylation is 3. The van der Waals surface area contributed by atoms with Gasteiger partial charge in [-0.25, -0.2) is 4.98 Å². The minimum atomic E-state index is -0.375. The third-order valence-corrected chi connectivity index (χ3v) is 5.54. The highest BCUT2D eigenvalue weighted by Crippen LogP contribution is 2.27. The first-order chi connectivity index (χ1) is 12.9. The molecule has 3 rings (SSSR count). The summed E-state index contributed by atoms with van der Waals surface area (Å²) in [4.78, 5) is 29.6. The van der Waals surface area contributed by atoms with E-state index in [0.717, 1.165) is 27.5 Å². The molecule has 0 saturated carbocycles. The van der Waals surface area contributed by atoms with Gasteiger partial charge in [0.05, 0.1) is 17.8 Å². The van der Waals surface area contributed by atoms with Gasteiger partial charge in [0.25, 0.3) is 5.91 Å². The van der Waals surface area contributed by atoms with Crippen molar-refractivity contribution in [2.45, 2.75) is 27.2 Å². The van der Waals surface area contributed by atoms with Crippen molar-refractivity contribution in [1.82, 2.24) is 25.6 Å². The van der Waals surface area contributed by atoms with Gasteiger partial charge in [0.2, 0.25) is 5.91 Å². The van der Waals surface area contributed by atoms with Gasteiger partial charge in [-0.1, -0.05) is 30.3 Å². The van der Waals surface area contributed by atoms with Crippen LogP contribution in [0.5, 0.6) is 0 Å². The molecule has 3 aromatic rings. The second kappa shape index (κ2) is 7.71. The number of amides is 2. The van der Waals surface area contributed by atoms with Crippen molar-refractivity contribution in [3.05, 3.63) is 57.9 Å². The van der Waals surface area contributed by atoms with Crippen LogP contribution in [0.25, 0.3) is 10.6 Å². The van der Waals surface area contributed by atoms with Crippen LogP contribution in [-0.2, 0) is 18.3 Å². The minimum Gasteiger partial charge on any atom is -0.273 e. The fourth-order valence-corrected chi connectivity index (χ4v) is 3.74. The third kappa shape index (κ3) is 4.06. The first-order valence-electron chi connectivity index (χ1n) is 8.48. The number of thiazole rings is 1. The molecule has 0 spiro atoms. The molecule has 140 valence electrons. The van der Waals surface area contributed by atoms with E-state index in [-0.39, 0.29) is 18.2 Å². The molecule has 2 amide bonds. The van der Waals surface area contributed by atoms with E-state index in [9.17, 15) is 9.59 Å². The Kier molecular flexibility index (Phi) is 5.36. The Bertz CT molecular complexity index is 991. The van der Waals surface area contributed by atoms with Crippen LogP contribution < -0.4 is 10.9 Å². The van der Waals surface area contributed by atoms with E-state index < -0.39 is 0 Å². The predicted octanol–water partition coefficient (Wildman–Crippen LogP) is 2.47. The van der Waals surface area contributed by atoms with E-state index in [2.05, 4.69) is 20.9 Å². The number of nitrogens with zero attached hydrogens (tertiary/aromatic N) is 3. The molecule has 1 aromatic carbocycles. The maximum Gasteiger partial charge on any atom is 0.281 e. The van der Waals surface area contributed by atoms with Gasteiger partial charge in [0.1, 0.15) is 9.88 Å². The van der Waals surface area contributed by atoms with Gasteiger partial charge in [0, 0.05) is 23.9 Å². The normalized spacial score (nSPS) is 10.7. The predicted molar refractivity (Wildman–Crippen MR) is 104 cm³/mol. The fraction of sp³-hybridized carbons (Fsp3) is 0.263. The van der Waals surface area contributed by atoms with E-state index in [1.807, 2.05) is 51.2 Å². The largest absolute Gasteiger partial charge is 0.281 e. The Morgan fingerprint density at radius 3 is 2.41 bits per heavy atom. The van der Waals surface area contributed by atoms with E-state index in [0.29, 0.717) is 10.6 Å². The zero-order valence-corrected chi connectivity index (χ0v) is 16.5. The van der Waals surface area contributed by atoms with E-state index in [1.165, 1.54) is 11.3 Å². The second-order valence-electron chi connectivity index (χ2n) is 6.25. The number of carbonyl (C=O) groups excluding carboxylic acids is 2. The molecule has 0 fully saturated rings. The molecule has 27 heavy (non-hydrogen) atoms. The van der Waals surface area contributed by atoms with E-state index >= 15 is 0 Å². The molecule has 2 aromatic heterocycles. The molecular weight excluding hydrogens is 362 g/mol. The van der Waals surface area contributed by atoms with Crippen molar-refractivity contribution in [3.8, 4) is 10.6 Å². The number of carbonyl (C=O) groups is 2. The summed E-state index contributed by atoms with van der Waals surface area (Å²) in [5.41, 5.74) is 9.14. The summed E-state index contributed by atoms with van der Waals surface area (Å²) >= 11 is 1.30. The SMILES string of the molecule is Cc1nc(-c2ccccc2)sc1C(=O)NNC(=O)Cc1c(C)nn(C)c1C. The highest BCUT2D eigenvalue weighted by molar-refractivity contribution is 7.17. The molecule has 0 aliphatic rings. The molecule has 0 bridgehead atoms. The molecule has 8 heteroatoms. The lowest BCUT2D eigenvalue weighted by atomic mass is 10.1. The first-order valence-corrected chi connectivity index (χ1v) is 9.29. The summed E-state index contributed by atoms with van der Waals surface area (Å²) < 4.78 is 1.74. The standard InChI is InChI=1S/C19H21N5O2S/c1-11-15(13(3)24(4)23-11)10-16(25)21-22-18(26)17-12(2)20-19(27-17)14-8-6-5-7-9-14/h5-9H,10H2,1-4H3,(H,21,25)(H,22,26). The summed E-state index contributed by atoms with van der Waals surface area (Å²) in [5.74, 6) is -0.673. The van der Waals surface area contributed by atoms with Crippen molar-refractivity contribution < 1.29 is 9.59 Å². The quantitative estimate of drug-likeness (QED) is 0.678. The molecule has 2 heterocycles. The lowest BCUT2D eigenvalue weighted by molar-refractivity contribution is -0.121. The lowest BCUT2D eigenvalue weighted by Crippen LogP contribution is -2.42. The highest BCUT2D eigenvalue weighted by Gasteiger charge is 2.18. The number of benzene rings is 1. The van der Waals surface area contributed by atoms with Crippen molar-refractivity contribution in [1.29, 1.82) is 0 Å². The molecule has 0 aliphatic carbocycles. The Labute approximate surface area is 161 Å². The number of hydrogen-bond donors (Lipinski definition) is 2. The maximum atomic E-state index is 12.4. The van der Waals surface area contributed by atoms with Crippen molar-refractivity contribution in [2.75, 3.05) is 0 Å². The van der Waals surface area contributed by atoms with Gasteiger partial charge < -0.3 is 0 Å². The molecule has 2 N–H and O–H groups in total. The third-order valence-electron chi connectivity index (χ3n) is 4.34. The van der Waals surface area contributed by atoms with Gasteiger partial charge >= 0.3 is 0 Å². The van der Waals surface area contributed by atoms with E-state index in [1.54, 1.807) is 11.6 Å². The fourth-order valence-electron chi connectivity index (χ4n) is 2.77. The smallest absolute Gasteiger partial charge is 0.273 e. The molecule has 0 unspecified atom stereocenters. The number of nitrogens with one attached hydrogen (secondary N) is 2. The lowest BCUT2D eigenvalue weighted by Gasteiger charge is -2.07. The van der Waals surface area contributed by atoms with E-state index in [4.69, 9.17) is 0 Å². The molecule has 0 aliphatic heterocycles. The van der Waals surface area contributed by atoms with Gasteiger partial charge in [-0.15, -0.1) is 11.3 Å². The monoisotopic (exact) mass is 383 g/mol. The molecule has 7 nitrogen and oxygen atoms in total. The topological polar surface area (TPSA) is 88.9 Å². The average Bonchev–Trinajstić information content (AvgIpc) is 3.15. The summed E-state index contributed by atoms with van der Waals surface area (Å²) in [5, 5.41) is 5.06. The van der Waals surface area contributed by atoms with Gasteiger partial charge in [0.15, 0.2) is 0 Å². The van der Waals surface area contributed by atoms with Crippen molar-refractivity contribution in [2.24, 2.45) is 7.05 Å². The van der Waals surface area contributed by atoms with Crippen molar-refractivity contribution in [3.63, 3.8) is 0 Å². The Hall–Kier alpha value is -3.00. The second-order valence-corrected chi connectivity index (χ2v) is 7.25. The number of rotatable bonds is 4. The van der Waals surface area contributed by atoms with Crippen LogP contribution in [-0.4, -0.2) is 26.6 Å². The zero-order chi connectivity index (χ0) is 19.6. The summed E-state index contributed by atoms with van der Waals surface area (Å²) in [7, 11) is 1.84. The Balaban J connectivity index is 1.64. The first kappa shape index (κ1) is 18.8. The zero-order valence-electron chi connectivity index (χ0n) is 15.7. The molecule has 0 saturated heterocycles. The minimum absolute atomic E-state index is 0.155. The number of aromatic nitrogens is 3.